The third-order valence-electron chi connectivity index (χ3n) is 4.04. The number of nitrogens with one attached hydrogen (secondary N) is 1. The number of carbonyl (C=O) groups is 1. The maximum Gasteiger partial charge on any atom is 0.265 e. The Hall–Kier alpha value is -2.29. The topological polar surface area (TPSA) is 38.3 Å². The van der Waals surface area contributed by atoms with Crippen molar-refractivity contribution in [2.75, 3.05) is 5.32 Å². The van der Waals surface area contributed by atoms with Crippen molar-refractivity contribution in [3.8, 4) is 5.75 Å². The highest BCUT2D eigenvalue weighted by Crippen LogP contribution is 2.21. The molecule has 3 heteroatoms. The van der Waals surface area contributed by atoms with Crippen molar-refractivity contribution in [1.82, 2.24) is 0 Å². The van der Waals surface area contributed by atoms with E-state index in [1.165, 1.54) is 5.56 Å². The molecule has 0 bridgehead atoms. The molecule has 23 heavy (non-hydrogen) atoms. The van der Waals surface area contributed by atoms with Crippen molar-refractivity contribution in [1.29, 1.82) is 0 Å². The van der Waals surface area contributed by atoms with Crippen LogP contribution in [0.3, 0.4) is 0 Å². The molecule has 0 saturated heterocycles. The van der Waals surface area contributed by atoms with Crippen LogP contribution in [0.25, 0.3) is 0 Å². The van der Waals surface area contributed by atoms with Gasteiger partial charge in [0.2, 0.25) is 0 Å². The first-order valence-corrected chi connectivity index (χ1v) is 8.26. The van der Waals surface area contributed by atoms with E-state index in [0.29, 0.717) is 18.1 Å². The zero-order valence-corrected chi connectivity index (χ0v) is 14.1. The summed E-state index contributed by atoms with van der Waals surface area (Å²) in [6, 6.07) is 17.5. The van der Waals surface area contributed by atoms with E-state index < -0.39 is 6.10 Å². The fraction of sp³-hybridized carbons (Fsp3) is 0.350. The Balaban J connectivity index is 1.99. The first-order valence-electron chi connectivity index (χ1n) is 8.26. The average Bonchev–Trinajstić information content (AvgIpc) is 2.60. The predicted molar refractivity (Wildman–Crippen MR) is 94.9 cm³/mol. The molecule has 0 aliphatic heterocycles. The highest BCUT2D eigenvalue weighted by atomic mass is 16.5. The van der Waals surface area contributed by atoms with E-state index in [4.69, 9.17) is 4.74 Å². The molecule has 0 saturated carbocycles. The molecule has 2 aromatic rings. The monoisotopic (exact) mass is 311 g/mol. The predicted octanol–water partition coefficient (Wildman–Crippen LogP) is 5.00. The van der Waals surface area contributed by atoms with Gasteiger partial charge in [-0.2, -0.15) is 0 Å². The maximum atomic E-state index is 12.4. The number of para-hydroxylation sites is 1. The minimum atomic E-state index is -0.494. The summed E-state index contributed by atoms with van der Waals surface area (Å²) in [7, 11) is 0. The van der Waals surface area contributed by atoms with Crippen LogP contribution in [0, 0.1) is 0 Å². The fourth-order valence-electron chi connectivity index (χ4n) is 2.34. The molecule has 0 aliphatic rings. The van der Waals surface area contributed by atoms with E-state index in [-0.39, 0.29) is 5.91 Å². The quantitative estimate of drug-likeness (QED) is 0.781. The normalized spacial score (nSPS) is 13.2. The second-order valence-corrected chi connectivity index (χ2v) is 5.75. The van der Waals surface area contributed by atoms with Crippen molar-refractivity contribution < 1.29 is 9.53 Å². The van der Waals surface area contributed by atoms with Gasteiger partial charge >= 0.3 is 0 Å². The molecular formula is C20H25NO2. The summed E-state index contributed by atoms with van der Waals surface area (Å²) in [6.45, 7) is 6.32. The minimum absolute atomic E-state index is 0.118. The Morgan fingerprint density at radius 2 is 1.65 bits per heavy atom. The van der Waals surface area contributed by atoms with Crippen LogP contribution in [-0.4, -0.2) is 12.0 Å². The van der Waals surface area contributed by atoms with Crippen LogP contribution in [0.2, 0.25) is 0 Å². The van der Waals surface area contributed by atoms with Crippen LogP contribution in [0.15, 0.2) is 54.6 Å². The molecule has 0 spiro atoms. The van der Waals surface area contributed by atoms with E-state index in [0.717, 1.165) is 12.1 Å². The highest BCUT2D eigenvalue weighted by Gasteiger charge is 2.18. The molecule has 2 atom stereocenters. The molecule has 0 fully saturated rings. The third-order valence-corrected chi connectivity index (χ3v) is 4.04. The average molecular weight is 311 g/mol. The largest absolute Gasteiger partial charge is 0.481 e. The molecule has 2 unspecified atom stereocenters. The van der Waals surface area contributed by atoms with Crippen molar-refractivity contribution in [3.63, 3.8) is 0 Å². The van der Waals surface area contributed by atoms with Gasteiger partial charge in [-0.1, -0.05) is 51.1 Å². The molecule has 0 aliphatic carbocycles. The molecule has 0 radical (unpaired) electrons. The molecule has 122 valence electrons. The molecule has 2 rings (SSSR count). The van der Waals surface area contributed by atoms with Crippen LogP contribution >= 0.6 is 0 Å². The summed E-state index contributed by atoms with van der Waals surface area (Å²) in [5.74, 6) is 1.12. The first-order chi connectivity index (χ1) is 11.1. The second-order valence-electron chi connectivity index (χ2n) is 5.75. The Labute approximate surface area is 138 Å². The number of rotatable bonds is 7. The molecule has 0 aromatic heterocycles. The summed E-state index contributed by atoms with van der Waals surface area (Å²) < 4.78 is 5.76. The Bertz CT molecular complexity index is 607. The van der Waals surface area contributed by atoms with Crippen LogP contribution in [0.4, 0.5) is 5.69 Å². The standard InChI is InChI=1S/C20H25NO2/c1-4-15(3)16-11-13-17(14-12-16)21-20(22)19(5-2)23-18-9-7-6-8-10-18/h6-15,19H,4-5H2,1-3H3,(H,21,22). The van der Waals surface area contributed by atoms with Crippen LogP contribution in [-0.2, 0) is 4.79 Å². The molecule has 1 amide bonds. The number of carbonyl (C=O) groups excluding carboxylic acids is 1. The van der Waals surface area contributed by atoms with E-state index in [1.54, 1.807) is 0 Å². The lowest BCUT2D eigenvalue weighted by atomic mass is 9.98. The summed E-state index contributed by atoms with van der Waals surface area (Å²) in [5.41, 5.74) is 2.09. The van der Waals surface area contributed by atoms with Crippen molar-refractivity contribution in [3.05, 3.63) is 60.2 Å². The lowest BCUT2D eigenvalue weighted by Crippen LogP contribution is -2.32. The van der Waals surface area contributed by atoms with Crippen LogP contribution in [0.1, 0.15) is 45.1 Å². The Kier molecular flexibility index (Phi) is 6.21. The highest BCUT2D eigenvalue weighted by molar-refractivity contribution is 5.94. The number of anilines is 1. The summed E-state index contributed by atoms with van der Waals surface area (Å²) in [6.07, 6.45) is 1.23. The van der Waals surface area contributed by atoms with E-state index in [9.17, 15) is 4.79 Å². The third kappa shape index (κ3) is 4.85. The fourth-order valence-corrected chi connectivity index (χ4v) is 2.34. The lowest BCUT2D eigenvalue weighted by molar-refractivity contribution is -0.122. The summed E-state index contributed by atoms with van der Waals surface area (Å²) in [5, 5.41) is 2.93. The van der Waals surface area contributed by atoms with Gasteiger partial charge < -0.3 is 10.1 Å². The van der Waals surface area contributed by atoms with Gasteiger partial charge in [0.15, 0.2) is 6.10 Å². The molecule has 3 nitrogen and oxygen atoms in total. The van der Waals surface area contributed by atoms with Crippen molar-refractivity contribution >= 4 is 11.6 Å². The second kappa shape index (κ2) is 8.37. The van der Waals surface area contributed by atoms with Gasteiger partial charge in [0.1, 0.15) is 5.75 Å². The Morgan fingerprint density at radius 1 is 1.00 bits per heavy atom. The van der Waals surface area contributed by atoms with Gasteiger partial charge in [-0.25, -0.2) is 0 Å². The first kappa shape index (κ1) is 17.1. The SMILES string of the molecule is CCC(Oc1ccccc1)C(=O)Nc1ccc(C(C)CC)cc1. The summed E-state index contributed by atoms with van der Waals surface area (Å²) >= 11 is 0. The van der Waals surface area contributed by atoms with E-state index in [1.807, 2.05) is 49.4 Å². The zero-order valence-electron chi connectivity index (χ0n) is 14.1. The van der Waals surface area contributed by atoms with Gasteiger partial charge in [0.05, 0.1) is 0 Å². The van der Waals surface area contributed by atoms with Gasteiger partial charge in [-0.05, 0) is 48.6 Å². The van der Waals surface area contributed by atoms with Gasteiger partial charge in [0.25, 0.3) is 5.91 Å². The molecular weight excluding hydrogens is 286 g/mol. The molecule has 2 aromatic carbocycles. The maximum absolute atomic E-state index is 12.4. The van der Waals surface area contributed by atoms with Crippen LogP contribution < -0.4 is 10.1 Å². The lowest BCUT2D eigenvalue weighted by Gasteiger charge is -2.17. The number of benzene rings is 2. The van der Waals surface area contributed by atoms with Crippen LogP contribution in [0.5, 0.6) is 5.75 Å². The summed E-state index contributed by atoms with van der Waals surface area (Å²) in [4.78, 5) is 12.4. The number of amides is 1. The molecule has 1 N–H and O–H groups in total. The molecule has 0 heterocycles. The van der Waals surface area contributed by atoms with Gasteiger partial charge in [-0.3, -0.25) is 4.79 Å². The van der Waals surface area contributed by atoms with Gasteiger partial charge in [0, 0.05) is 5.69 Å². The van der Waals surface area contributed by atoms with E-state index in [2.05, 4.69) is 31.3 Å². The minimum Gasteiger partial charge on any atom is -0.481 e. The Morgan fingerprint density at radius 3 is 2.22 bits per heavy atom. The van der Waals surface area contributed by atoms with Crippen molar-refractivity contribution in [2.24, 2.45) is 0 Å². The van der Waals surface area contributed by atoms with E-state index >= 15 is 0 Å². The number of ether oxygens (including phenoxy) is 1. The smallest absolute Gasteiger partial charge is 0.265 e. The van der Waals surface area contributed by atoms with Crippen molar-refractivity contribution in [2.45, 2.75) is 45.6 Å². The van der Waals surface area contributed by atoms with Gasteiger partial charge in [-0.15, -0.1) is 0 Å². The zero-order chi connectivity index (χ0) is 16.7. The number of hydrogen-bond donors (Lipinski definition) is 1. The number of hydrogen-bond acceptors (Lipinski definition) is 2.